The summed E-state index contributed by atoms with van der Waals surface area (Å²) in [5, 5.41) is 4.49. The molecule has 0 aliphatic carbocycles. The Bertz CT molecular complexity index is 1080. The minimum absolute atomic E-state index is 0.0473. The van der Waals surface area contributed by atoms with Gasteiger partial charge in [0, 0.05) is 17.5 Å². The van der Waals surface area contributed by atoms with Gasteiger partial charge in [-0.1, -0.05) is 30.3 Å². The molecule has 1 aliphatic rings. The number of hydrogen-bond acceptors (Lipinski definition) is 5. The number of ether oxygens (including phenoxy) is 2. The van der Waals surface area contributed by atoms with Crippen molar-refractivity contribution in [1.29, 1.82) is 0 Å². The summed E-state index contributed by atoms with van der Waals surface area (Å²) in [6, 6.07) is 15.0. The maximum Gasteiger partial charge on any atom is 0.252 e. The van der Waals surface area contributed by atoms with Crippen LogP contribution in [0.2, 0.25) is 0 Å². The second-order valence-corrected chi connectivity index (χ2v) is 7.39. The fourth-order valence-electron chi connectivity index (χ4n) is 3.84. The van der Waals surface area contributed by atoms with Crippen LogP contribution >= 0.6 is 0 Å². The molecule has 154 valence electrons. The molecular weight excluding hydrogens is 382 g/mol. The number of primary amides is 1. The summed E-state index contributed by atoms with van der Waals surface area (Å²) in [5.74, 6) is 0.199. The molecule has 7 nitrogen and oxygen atoms in total. The van der Waals surface area contributed by atoms with Crippen LogP contribution in [0.1, 0.15) is 22.3 Å². The van der Waals surface area contributed by atoms with Crippen LogP contribution in [-0.2, 0) is 11.2 Å². The maximum absolute atomic E-state index is 12.4. The lowest BCUT2D eigenvalue weighted by atomic mass is 9.96. The van der Waals surface area contributed by atoms with Gasteiger partial charge in [-0.15, -0.1) is 0 Å². The number of carbonyl (C=O) groups excluding carboxylic acids is 2. The predicted molar refractivity (Wildman–Crippen MR) is 112 cm³/mol. The first-order valence-corrected chi connectivity index (χ1v) is 9.79. The summed E-state index contributed by atoms with van der Waals surface area (Å²) in [4.78, 5) is 28.3. The minimum atomic E-state index is -0.564. The van der Waals surface area contributed by atoms with E-state index in [2.05, 4.69) is 10.3 Å². The molecule has 2 amide bonds. The van der Waals surface area contributed by atoms with Crippen molar-refractivity contribution in [2.24, 2.45) is 11.7 Å². The van der Waals surface area contributed by atoms with E-state index in [0.717, 1.165) is 10.9 Å². The quantitative estimate of drug-likeness (QED) is 0.628. The van der Waals surface area contributed by atoms with Gasteiger partial charge in [0.15, 0.2) is 0 Å². The van der Waals surface area contributed by atoms with Crippen LogP contribution in [0.4, 0.5) is 0 Å². The van der Waals surface area contributed by atoms with Crippen molar-refractivity contribution in [2.75, 3.05) is 13.7 Å². The predicted octanol–water partition coefficient (Wildman–Crippen LogP) is 2.47. The molecule has 30 heavy (non-hydrogen) atoms. The Balaban J connectivity index is 1.47. The summed E-state index contributed by atoms with van der Waals surface area (Å²) in [6.07, 6.45) is 3.02. The van der Waals surface area contributed by atoms with Gasteiger partial charge in [-0.05, 0) is 42.0 Å². The molecule has 2 aromatic carbocycles. The van der Waals surface area contributed by atoms with Crippen LogP contribution in [0, 0.1) is 5.92 Å². The van der Waals surface area contributed by atoms with Crippen molar-refractivity contribution in [3.8, 4) is 11.6 Å². The van der Waals surface area contributed by atoms with Crippen molar-refractivity contribution < 1.29 is 19.1 Å². The topological polar surface area (TPSA) is 104 Å². The van der Waals surface area contributed by atoms with E-state index >= 15 is 0 Å². The fourth-order valence-corrected chi connectivity index (χ4v) is 3.84. The average Bonchev–Trinajstić information content (AvgIpc) is 3.10. The van der Waals surface area contributed by atoms with E-state index in [1.165, 1.54) is 7.11 Å². The van der Waals surface area contributed by atoms with E-state index in [4.69, 9.17) is 15.2 Å². The van der Waals surface area contributed by atoms with E-state index in [0.29, 0.717) is 42.0 Å². The highest BCUT2D eigenvalue weighted by molar-refractivity contribution is 6.01. The third kappa shape index (κ3) is 4.05. The maximum atomic E-state index is 12.4. The standard InChI is InChI=1S/C23H23N3O4/c1-29-20-12-18-15(11-19(20)21(24)27)7-8-25-23(18)30-13-17-10-16(22(28)26-17)9-14-5-3-2-4-6-14/h2-8,11-12,16-17H,9-10,13H2,1H3,(H2,24,27)(H,26,28). The van der Waals surface area contributed by atoms with Gasteiger partial charge in [-0.2, -0.15) is 0 Å². The van der Waals surface area contributed by atoms with Crippen molar-refractivity contribution in [3.05, 3.63) is 65.9 Å². The average molecular weight is 405 g/mol. The zero-order valence-electron chi connectivity index (χ0n) is 16.6. The molecule has 2 heterocycles. The number of hydrogen-bond donors (Lipinski definition) is 2. The number of rotatable bonds is 7. The minimum Gasteiger partial charge on any atom is -0.496 e. The second-order valence-electron chi connectivity index (χ2n) is 7.39. The number of pyridine rings is 1. The fraction of sp³-hybridized carbons (Fsp3) is 0.261. The van der Waals surface area contributed by atoms with Crippen LogP contribution in [0.3, 0.4) is 0 Å². The van der Waals surface area contributed by atoms with Crippen LogP contribution < -0.4 is 20.5 Å². The molecule has 0 saturated carbocycles. The number of carbonyl (C=O) groups is 2. The van der Waals surface area contributed by atoms with E-state index in [1.54, 1.807) is 24.4 Å². The first-order chi connectivity index (χ1) is 14.5. The molecule has 7 heteroatoms. The molecule has 3 N–H and O–H groups in total. The summed E-state index contributed by atoms with van der Waals surface area (Å²) in [5.41, 5.74) is 6.88. The van der Waals surface area contributed by atoms with E-state index < -0.39 is 5.91 Å². The number of benzene rings is 2. The summed E-state index contributed by atoms with van der Waals surface area (Å²) >= 11 is 0. The van der Waals surface area contributed by atoms with Gasteiger partial charge in [0.1, 0.15) is 12.4 Å². The van der Waals surface area contributed by atoms with Gasteiger partial charge in [0.05, 0.1) is 18.7 Å². The Labute approximate surface area is 174 Å². The third-order valence-electron chi connectivity index (χ3n) is 5.35. The molecule has 3 aromatic rings. The third-order valence-corrected chi connectivity index (χ3v) is 5.35. The number of nitrogens with zero attached hydrogens (tertiary/aromatic N) is 1. The van der Waals surface area contributed by atoms with Gasteiger partial charge in [-0.25, -0.2) is 4.98 Å². The van der Waals surface area contributed by atoms with E-state index in [-0.39, 0.29) is 17.9 Å². The monoisotopic (exact) mass is 405 g/mol. The Morgan fingerprint density at radius 1 is 1.23 bits per heavy atom. The second kappa shape index (κ2) is 8.41. The zero-order valence-corrected chi connectivity index (χ0v) is 16.6. The van der Waals surface area contributed by atoms with Crippen LogP contribution in [0.25, 0.3) is 10.8 Å². The highest BCUT2D eigenvalue weighted by Gasteiger charge is 2.32. The summed E-state index contributed by atoms with van der Waals surface area (Å²) < 4.78 is 11.2. The molecule has 1 fully saturated rings. The molecule has 1 aliphatic heterocycles. The van der Waals surface area contributed by atoms with Crippen LogP contribution in [-0.4, -0.2) is 36.6 Å². The lowest BCUT2D eigenvalue weighted by Gasteiger charge is -2.14. The van der Waals surface area contributed by atoms with Gasteiger partial charge >= 0.3 is 0 Å². The Morgan fingerprint density at radius 3 is 2.77 bits per heavy atom. The Kier molecular flexibility index (Phi) is 5.52. The number of aromatic nitrogens is 1. The van der Waals surface area contributed by atoms with Crippen LogP contribution in [0.5, 0.6) is 11.6 Å². The number of methoxy groups -OCH3 is 1. The number of nitrogens with one attached hydrogen (secondary N) is 1. The van der Waals surface area contributed by atoms with Crippen molar-refractivity contribution >= 4 is 22.6 Å². The Hall–Kier alpha value is -3.61. The highest BCUT2D eigenvalue weighted by atomic mass is 16.5. The first-order valence-electron chi connectivity index (χ1n) is 9.79. The summed E-state index contributed by atoms with van der Waals surface area (Å²) in [6.45, 7) is 0.309. The molecule has 2 atom stereocenters. The Morgan fingerprint density at radius 2 is 2.03 bits per heavy atom. The first kappa shape index (κ1) is 19.7. The van der Waals surface area contributed by atoms with Crippen LogP contribution in [0.15, 0.2) is 54.7 Å². The highest BCUT2D eigenvalue weighted by Crippen LogP contribution is 2.31. The molecule has 0 bridgehead atoms. The number of amides is 2. The van der Waals surface area contributed by atoms with Gasteiger partial charge in [0.2, 0.25) is 11.8 Å². The van der Waals surface area contributed by atoms with E-state index in [1.807, 2.05) is 30.3 Å². The van der Waals surface area contributed by atoms with Crippen molar-refractivity contribution in [2.45, 2.75) is 18.9 Å². The van der Waals surface area contributed by atoms with Gasteiger partial charge in [0.25, 0.3) is 5.91 Å². The SMILES string of the molecule is COc1cc2c(OCC3CC(Cc4ccccc4)C(=O)N3)nccc2cc1C(N)=O. The van der Waals surface area contributed by atoms with Gasteiger partial charge < -0.3 is 20.5 Å². The van der Waals surface area contributed by atoms with Crippen molar-refractivity contribution in [1.82, 2.24) is 10.3 Å². The number of nitrogens with two attached hydrogens (primary N) is 1. The molecule has 1 aromatic heterocycles. The zero-order chi connectivity index (χ0) is 21.1. The normalized spacial score (nSPS) is 18.2. The summed E-state index contributed by atoms with van der Waals surface area (Å²) in [7, 11) is 1.48. The number of fused-ring (bicyclic) bond motifs is 1. The van der Waals surface area contributed by atoms with Crippen molar-refractivity contribution in [3.63, 3.8) is 0 Å². The molecule has 0 radical (unpaired) electrons. The molecular formula is C23H23N3O4. The molecule has 0 spiro atoms. The molecule has 1 saturated heterocycles. The van der Waals surface area contributed by atoms with Gasteiger partial charge in [-0.3, -0.25) is 9.59 Å². The smallest absolute Gasteiger partial charge is 0.252 e. The largest absolute Gasteiger partial charge is 0.496 e. The lowest BCUT2D eigenvalue weighted by molar-refractivity contribution is -0.122. The molecule has 4 rings (SSSR count). The lowest BCUT2D eigenvalue weighted by Crippen LogP contribution is -2.31. The van der Waals surface area contributed by atoms with E-state index in [9.17, 15) is 9.59 Å². The molecule has 2 unspecified atom stereocenters.